The molecule has 146 valence electrons. The highest BCUT2D eigenvalue weighted by Crippen LogP contribution is 2.17. The summed E-state index contributed by atoms with van der Waals surface area (Å²) in [6.07, 6.45) is 4.80. The third-order valence-electron chi connectivity index (χ3n) is 3.94. The average molecular weight is 372 g/mol. The number of unbranched alkanes of at least 4 members (excludes halogenated alkanes) is 1. The number of nitrogens with one attached hydrogen (secondary N) is 1. The first-order valence-electron chi connectivity index (χ1n) is 9.33. The topological polar surface area (TPSA) is 69.7 Å². The molecule has 6 heteroatoms. The van der Waals surface area contributed by atoms with Gasteiger partial charge in [0.05, 0.1) is 20.3 Å². The summed E-state index contributed by atoms with van der Waals surface area (Å²) < 4.78 is 16.4. The number of benzene rings is 1. The molecule has 0 radical (unpaired) electrons. The number of hydrogen-bond acceptors (Lipinski definition) is 5. The van der Waals surface area contributed by atoms with E-state index < -0.39 is 0 Å². The van der Waals surface area contributed by atoms with Crippen LogP contribution in [0, 0.1) is 0 Å². The third kappa shape index (κ3) is 7.56. The lowest BCUT2D eigenvalue weighted by molar-refractivity contribution is -0.121. The van der Waals surface area contributed by atoms with Crippen LogP contribution in [0.1, 0.15) is 38.2 Å². The average Bonchev–Trinajstić information content (AvgIpc) is 2.71. The van der Waals surface area contributed by atoms with Gasteiger partial charge in [0.25, 0.3) is 0 Å². The smallest absolute Gasteiger partial charge is 0.220 e. The summed E-state index contributed by atoms with van der Waals surface area (Å²) in [5.41, 5.74) is 0.886. The van der Waals surface area contributed by atoms with E-state index in [-0.39, 0.29) is 5.91 Å². The second kappa shape index (κ2) is 11.8. The van der Waals surface area contributed by atoms with E-state index in [4.69, 9.17) is 14.2 Å². The van der Waals surface area contributed by atoms with Crippen LogP contribution in [-0.4, -0.2) is 31.2 Å². The first kappa shape index (κ1) is 20.6. The summed E-state index contributed by atoms with van der Waals surface area (Å²) in [6.45, 7) is 3.64. The van der Waals surface area contributed by atoms with Gasteiger partial charge in [0, 0.05) is 24.7 Å². The predicted octanol–water partition coefficient (Wildman–Crippen LogP) is 3.74. The van der Waals surface area contributed by atoms with Crippen molar-refractivity contribution in [1.29, 1.82) is 0 Å². The van der Waals surface area contributed by atoms with Crippen molar-refractivity contribution in [2.45, 2.75) is 39.2 Å². The number of hydrogen-bond donors (Lipinski definition) is 1. The molecule has 0 fully saturated rings. The Bertz CT molecular complexity index is 689. The van der Waals surface area contributed by atoms with Gasteiger partial charge < -0.3 is 19.5 Å². The third-order valence-corrected chi connectivity index (χ3v) is 3.94. The summed E-state index contributed by atoms with van der Waals surface area (Å²) in [5.74, 6) is 2.13. The number of ether oxygens (including phenoxy) is 3. The molecule has 27 heavy (non-hydrogen) atoms. The van der Waals surface area contributed by atoms with Crippen LogP contribution in [-0.2, 0) is 11.3 Å². The zero-order valence-electron chi connectivity index (χ0n) is 16.1. The zero-order valence-corrected chi connectivity index (χ0v) is 16.1. The molecule has 1 aromatic carbocycles. The Hall–Kier alpha value is -2.76. The fourth-order valence-corrected chi connectivity index (χ4v) is 2.38. The first-order chi connectivity index (χ1) is 13.2. The fraction of sp³-hybridized carbons (Fsp3) is 0.429. The second-order valence-electron chi connectivity index (χ2n) is 6.07. The van der Waals surface area contributed by atoms with Crippen molar-refractivity contribution in [3.8, 4) is 17.4 Å². The van der Waals surface area contributed by atoms with Crippen molar-refractivity contribution >= 4 is 5.91 Å². The lowest BCUT2D eigenvalue weighted by Crippen LogP contribution is -2.23. The van der Waals surface area contributed by atoms with Gasteiger partial charge in [-0.2, -0.15) is 0 Å². The van der Waals surface area contributed by atoms with Gasteiger partial charge in [-0.15, -0.1) is 0 Å². The molecule has 0 bridgehead atoms. The lowest BCUT2D eigenvalue weighted by Gasteiger charge is -2.11. The normalized spacial score (nSPS) is 10.3. The van der Waals surface area contributed by atoms with Gasteiger partial charge in [0.1, 0.15) is 11.5 Å². The van der Waals surface area contributed by atoms with E-state index in [0.717, 1.165) is 29.9 Å². The van der Waals surface area contributed by atoms with E-state index >= 15 is 0 Å². The van der Waals surface area contributed by atoms with E-state index in [2.05, 4.69) is 17.2 Å². The molecule has 0 spiro atoms. The van der Waals surface area contributed by atoms with Crippen LogP contribution in [0.4, 0.5) is 0 Å². The molecule has 1 heterocycles. The van der Waals surface area contributed by atoms with E-state index in [1.54, 1.807) is 13.3 Å². The Morgan fingerprint density at radius 3 is 2.52 bits per heavy atom. The van der Waals surface area contributed by atoms with Crippen molar-refractivity contribution in [3.63, 3.8) is 0 Å². The number of carbonyl (C=O) groups is 1. The van der Waals surface area contributed by atoms with E-state index in [1.807, 2.05) is 36.4 Å². The van der Waals surface area contributed by atoms with Crippen LogP contribution in [0.25, 0.3) is 0 Å². The molecule has 1 aromatic heterocycles. The molecule has 0 aliphatic rings. The Kier molecular flexibility index (Phi) is 8.96. The molecule has 0 saturated heterocycles. The van der Waals surface area contributed by atoms with Crippen LogP contribution in [0.3, 0.4) is 0 Å². The summed E-state index contributed by atoms with van der Waals surface area (Å²) in [5, 5.41) is 2.91. The highest BCUT2D eigenvalue weighted by atomic mass is 16.5. The highest BCUT2D eigenvalue weighted by molar-refractivity contribution is 5.75. The number of pyridine rings is 1. The molecule has 1 amide bonds. The molecule has 0 aliphatic heterocycles. The molecular formula is C21H28N2O4. The minimum absolute atomic E-state index is 0.0170. The summed E-state index contributed by atoms with van der Waals surface area (Å²) in [6, 6.07) is 11.1. The maximum atomic E-state index is 12.0. The van der Waals surface area contributed by atoms with Crippen LogP contribution in [0.5, 0.6) is 17.4 Å². The maximum Gasteiger partial charge on any atom is 0.220 e. The molecule has 0 saturated carbocycles. The van der Waals surface area contributed by atoms with Gasteiger partial charge in [0.15, 0.2) is 0 Å². The number of rotatable bonds is 12. The van der Waals surface area contributed by atoms with Gasteiger partial charge in [-0.25, -0.2) is 4.98 Å². The standard InChI is InChI=1S/C21H28N2O4/c1-3-4-14-27-21-17(7-5-13-22-21)16-23-20(24)8-6-15-26-19-11-9-18(25-2)10-12-19/h5,7,9-13H,3-4,6,8,14-16H2,1-2H3,(H,23,24). The summed E-state index contributed by atoms with van der Waals surface area (Å²) in [7, 11) is 1.63. The molecule has 0 unspecified atom stereocenters. The minimum atomic E-state index is -0.0170. The Labute approximate surface area is 160 Å². The number of aromatic nitrogens is 1. The fourth-order valence-electron chi connectivity index (χ4n) is 2.38. The maximum absolute atomic E-state index is 12.0. The van der Waals surface area contributed by atoms with Crippen molar-refractivity contribution in [3.05, 3.63) is 48.2 Å². The van der Waals surface area contributed by atoms with Crippen LogP contribution in [0.2, 0.25) is 0 Å². The van der Waals surface area contributed by atoms with Crippen LogP contribution < -0.4 is 19.5 Å². The summed E-state index contributed by atoms with van der Waals surface area (Å²) >= 11 is 0. The minimum Gasteiger partial charge on any atom is -0.497 e. The monoisotopic (exact) mass is 372 g/mol. The van der Waals surface area contributed by atoms with Crippen LogP contribution in [0.15, 0.2) is 42.6 Å². The molecule has 2 aromatic rings. The van der Waals surface area contributed by atoms with E-state index in [0.29, 0.717) is 38.5 Å². The van der Waals surface area contributed by atoms with E-state index in [1.165, 1.54) is 0 Å². The molecule has 1 N–H and O–H groups in total. The Morgan fingerprint density at radius 2 is 1.78 bits per heavy atom. The second-order valence-corrected chi connectivity index (χ2v) is 6.07. The van der Waals surface area contributed by atoms with Crippen molar-refractivity contribution in [2.24, 2.45) is 0 Å². The van der Waals surface area contributed by atoms with E-state index in [9.17, 15) is 4.79 Å². The van der Waals surface area contributed by atoms with Crippen molar-refractivity contribution in [2.75, 3.05) is 20.3 Å². The Balaban J connectivity index is 1.67. The van der Waals surface area contributed by atoms with Crippen molar-refractivity contribution in [1.82, 2.24) is 10.3 Å². The van der Waals surface area contributed by atoms with Gasteiger partial charge in [-0.1, -0.05) is 19.4 Å². The molecule has 2 rings (SSSR count). The molecule has 0 atom stereocenters. The largest absolute Gasteiger partial charge is 0.497 e. The van der Waals surface area contributed by atoms with Gasteiger partial charge >= 0.3 is 0 Å². The molecule has 0 aliphatic carbocycles. The number of nitrogens with zero attached hydrogens (tertiary/aromatic N) is 1. The zero-order chi connectivity index (χ0) is 19.3. The predicted molar refractivity (Wildman–Crippen MR) is 104 cm³/mol. The molecule has 6 nitrogen and oxygen atoms in total. The lowest BCUT2D eigenvalue weighted by atomic mass is 10.2. The Morgan fingerprint density at radius 1 is 1.04 bits per heavy atom. The van der Waals surface area contributed by atoms with Crippen LogP contribution >= 0.6 is 0 Å². The molecular weight excluding hydrogens is 344 g/mol. The van der Waals surface area contributed by atoms with Crippen molar-refractivity contribution < 1.29 is 19.0 Å². The SMILES string of the molecule is CCCCOc1ncccc1CNC(=O)CCCOc1ccc(OC)cc1. The van der Waals surface area contributed by atoms with Gasteiger partial charge in [-0.05, 0) is 43.2 Å². The quantitative estimate of drug-likeness (QED) is 0.575. The van der Waals surface area contributed by atoms with Gasteiger partial charge in [-0.3, -0.25) is 4.79 Å². The number of amides is 1. The first-order valence-corrected chi connectivity index (χ1v) is 9.33. The van der Waals surface area contributed by atoms with Gasteiger partial charge in [0.2, 0.25) is 11.8 Å². The number of carbonyl (C=O) groups excluding carboxylic acids is 1. The summed E-state index contributed by atoms with van der Waals surface area (Å²) in [4.78, 5) is 16.3. The number of methoxy groups -OCH3 is 1. The highest BCUT2D eigenvalue weighted by Gasteiger charge is 2.07.